The summed E-state index contributed by atoms with van der Waals surface area (Å²) in [5.74, 6) is 0.525. The van der Waals surface area contributed by atoms with Gasteiger partial charge in [-0.05, 0) is 6.92 Å². The van der Waals surface area contributed by atoms with Crippen molar-refractivity contribution in [2.75, 3.05) is 6.61 Å². The van der Waals surface area contributed by atoms with Crippen LogP contribution in [0.3, 0.4) is 0 Å². The minimum Gasteiger partial charge on any atom is -0.474 e. The zero-order chi connectivity index (χ0) is 13.1. The molecule has 0 aliphatic rings. The number of fused-ring (bicyclic) bond motifs is 1. The van der Waals surface area contributed by atoms with Gasteiger partial charge in [0.15, 0.2) is 11.2 Å². The standard InChI is InChI=1S/C12H14N6O/c1-2-18-9-16-10-11(18)14-7-15-12(10)19-6-5-17-4-3-13-8-17/h3-4,7-9H,2,5-6H2,1H3. The number of aryl methyl sites for hydroxylation is 1. The smallest absolute Gasteiger partial charge is 0.245 e. The molecule has 0 fully saturated rings. The maximum absolute atomic E-state index is 5.67. The topological polar surface area (TPSA) is 70.7 Å². The van der Waals surface area contributed by atoms with Crippen molar-refractivity contribution in [3.8, 4) is 5.88 Å². The number of ether oxygens (including phenoxy) is 1. The van der Waals surface area contributed by atoms with Gasteiger partial charge in [0.2, 0.25) is 5.88 Å². The summed E-state index contributed by atoms with van der Waals surface area (Å²) < 4.78 is 9.58. The van der Waals surface area contributed by atoms with Crippen LogP contribution in [-0.4, -0.2) is 35.7 Å². The number of aromatic nitrogens is 6. The molecule has 0 radical (unpaired) electrons. The molecule has 0 aliphatic heterocycles. The highest BCUT2D eigenvalue weighted by Gasteiger charge is 2.10. The lowest BCUT2D eigenvalue weighted by atomic mass is 10.5. The highest BCUT2D eigenvalue weighted by Crippen LogP contribution is 2.19. The van der Waals surface area contributed by atoms with Gasteiger partial charge in [0.05, 0.1) is 19.2 Å². The molecule has 3 rings (SSSR count). The molecule has 3 aromatic rings. The third kappa shape index (κ3) is 2.26. The molecular formula is C12H14N6O. The molecule has 0 saturated heterocycles. The Kier molecular flexibility index (Phi) is 3.09. The van der Waals surface area contributed by atoms with Crippen molar-refractivity contribution < 1.29 is 4.74 Å². The van der Waals surface area contributed by atoms with Crippen LogP contribution in [-0.2, 0) is 13.1 Å². The van der Waals surface area contributed by atoms with E-state index in [9.17, 15) is 0 Å². The summed E-state index contributed by atoms with van der Waals surface area (Å²) in [5.41, 5.74) is 1.50. The second-order valence-corrected chi connectivity index (χ2v) is 4.03. The van der Waals surface area contributed by atoms with Crippen LogP contribution in [0.2, 0.25) is 0 Å². The summed E-state index contributed by atoms with van der Waals surface area (Å²) in [6.45, 7) is 4.10. The summed E-state index contributed by atoms with van der Waals surface area (Å²) in [6, 6.07) is 0. The van der Waals surface area contributed by atoms with Crippen LogP contribution < -0.4 is 4.74 Å². The third-order valence-electron chi connectivity index (χ3n) is 2.86. The van der Waals surface area contributed by atoms with Crippen LogP contribution in [0.25, 0.3) is 11.2 Å². The zero-order valence-corrected chi connectivity index (χ0v) is 10.6. The molecule has 0 spiro atoms. The summed E-state index contributed by atoms with van der Waals surface area (Å²) in [5, 5.41) is 0. The maximum Gasteiger partial charge on any atom is 0.245 e. The zero-order valence-electron chi connectivity index (χ0n) is 10.6. The molecule has 0 N–H and O–H groups in total. The van der Waals surface area contributed by atoms with Crippen LogP contribution in [0.1, 0.15) is 6.92 Å². The first-order chi connectivity index (χ1) is 9.38. The van der Waals surface area contributed by atoms with Crippen molar-refractivity contribution in [3.05, 3.63) is 31.4 Å². The minimum absolute atomic E-state index is 0.515. The van der Waals surface area contributed by atoms with E-state index >= 15 is 0 Å². The van der Waals surface area contributed by atoms with Crippen molar-refractivity contribution in [1.29, 1.82) is 0 Å². The van der Waals surface area contributed by atoms with Crippen LogP contribution in [0.15, 0.2) is 31.4 Å². The van der Waals surface area contributed by atoms with Gasteiger partial charge in [-0.15, -0.1) is 0 Å². The van der Waals surface area contributed by atoms with Gasteiger partial charge in [0, 0.05) is 18.9 Å². The highest BCUT2D eigenvalue weighted by atomic mass is 16.5. The summed E-state index contributed by atoms with van der Waals surface area (Å²) in [7, 11) is 0. The fourth-order valence-corrected chi connectivity index (χ4v) is 1.86. The van der Waals surface area contributed by atoms with Gasteiger partial charge < -0.3 is 13.9 Å². The minimum atomic E-state index is 0.515. The molecule has 0 amide bonds. The predicted molar refractivity (Wildman–Crippen MR) is 68.7 cm³/mol. The van der Waals surface area contributed by atoms with E-state index in [4.69, 9.17) is 4.74 Å². The van der Waals surface area contributed by atoms with E-state index in [1.165, 1.54) is 6.33 Å². The fourth-order valence-electron chi connectivity index (χ4n) is 1.86. The Hall–Kier alpha value is -2.44. The SMILES string of the molecule is CCn1cnc2c(OCCn3ccnc3)ncnc21. The number of hydrogen-bond donors (Lipinski definition) is 0. The number of imidazole rings is 2. The van der Waals surface area contributed by atoms with Gasteiger partial charge in [0.25, 0.3) is 0 Å². The molecule has 3 heterocycles. The van der Waals surface area contributed by atoms with Gasteiger partial charge >= 0.3 is 0 Å². The lowest BCUT2D eigenvalue weighted by Crippen LogP contribution is -2.08. The van der Waals surface area contributed by atoms with Gasteiger partial charge in [-0.25, -0.2) is 15.0 Å². The summed E-state index contributed by atoms with van der Waals surface area (Å²) in [6.07, 6.45) is 8.64. The Balaban J connectivity index is 1.75. The summed E-state index contributed by atoms with van der Waals surface area (Å²) in [4.78, 5) is 16.6. The average molecular weight is 258 g/mol. The normalized spacial score (nSPS) is 11.0. The van der Waals surface area contributed by atoms with E-state index in [1.807, 2.05) is 22.3 Å². The van der Waals surface area contributed by atoms with Crippen molar-refractivity contribution in [1.82, 2.24) is 29.1 Å². The molecule has 0 aliphatic carbocycles. The number of nitrogens with zero attached hydrogens (tertiary/aromatic N) is 6. The molecule has 0 bridgehead atoms. The monoisotopic (exact) mass is 258 g/mol. The molecule has 19 heavy (non-hydrogen) atoms. The van der Waals surface area contributed by atoms with Crippen LogP contribution in [0, 0.1) is 0 Å². The van der Waals surface area contributed by atoms with Crippen molar-refractivity contribution in [3.63, 3.8) is 0 Å². The van der Waals surface area contributed by atoms with Crippen LogP contribution >= 0.6 is 0 Å². The first-order valence-corrected chi connectivity index (χ1v) is 6.13. The van der Waals surface area contributed by atoms with Crippen molar-refractivity contribution in [2.45, 2.75) is 20.0 Å². The lowest BCUT2D eigenvalue weighted by molar-refractivity contribution is 0.290. The molecule has 0 aromatic carbocycles. The maximum atomic E-state index is 5.67. The molecule has 7 nitrogen and oxygen atoms in total. The van der Waals surface area contributed by atoms with E-state index in [2.05, 4.69) is 19.9 Å². The molecular weight excluding hydrogens is 244 g/mol. The molecule has 3 aromatic heterocycles. The Morgan fingerprint density at radius 2 is 2.16 bits per heavy atom. The van der Waals surface area contributed by atoms with Crippen LogP contribution in [0.5, 0.6) is 5.88 Å². The van der Waals surface area contributed by atoms with Crippen molar-refractivity contribution in [2.24, 2.45) is 0 Å². The van der Waals surface area contributed by atoms with Gasteiger partial charge in [-0.2, -0.15) is 4.98 Å². The Morgan fingerprint density at radius 3 is 2.95 bits per heavy atom. The number of rotatable bonds is 5. The second kappa shape index (κ2) is 5.05. The van der Waals surface area contributed by atoms with E-state index in [0.717, 1.165) is 18.7 Å². The van der Waals surface area contributed by atoms with Crippen LogP contribution in [0.4, 0.5) is 0 Å². The molecule has 0 atom stereocenters. The quantitative estimate of drug-likeness (QED) is 0.686. The molecule has 7 heteroatoms. The van der Waals surface area contributed by atoms with E-state index < -0.39 is 0 Å². The summed E-state index contributed by atoms with van der Waals surface area (Å²) >= 11 is 0. The van der Waals surface area contributed by atoms with Crippen molar-refractivity contribution >= 4 is 11.2 Å². The number of hydrogen-bond acceptors (Lipinski definition) is 5. The van der Waals surface area contributed by atoms with E-state index in [-0.39, 0.29) is 0 Å². The third-order valence-corrected chi connectivity index (χ3v) is 2.86. The second-order valence-electron chi connectivity index (χ2n) is 4.03. The Bertz CT molecular complexity index is 660. The first kappa shape index (κ1) is 11.6. The van der Waals surface area contributed by atoms with E-state index in [1.54, 1.807) is 18.9 Å². The van der Waals surface area contributed by atoms with Gasteiger partial charge in [-0.3, -0.25) is 0 Å². The Labute approximate surface area is 109 Å². The first-order valence-electron chi connectivity index (χ1n) is 6.13. The van der Waals surface area contributed by atoms with Gasteiger partial charge in [0.1, 0.15) is 12.9 Å². The lowest BCUT2D eigenvalue weighted by Gasteiger charge is -2.06. The average Bonchev–Trinajstić information content (AvgIpc) is 3.07. The molecule has 98 valence electrons. The highest BCUT2D eigenvalue weighted by molar-refractivity contribution is 5.75. The molecule has 0 unspecified atom stereocenters. The largest absolute Gasteiger partial charge is 0.474 e. The van der Waals surface area contributed by atoms with E-state index in [0.29, 0.717) is 18.0 Å². The Morgan fingerprint density at radius 1 is 1.21 bits per heavy atom. The fraction of sp³-hybridized carbons (Fsp3) is 0.333. The van der Waals surface area contributed by atoms with Gasteiger partial charge in [-0.1, -0.05) is 0 Å². The predicted octanol–water partition coefficient (Wildman–Crippen LogP) is 1.12. The molecule has 0 saturated carbocycles.